The van der Waals surface area contributed by atoms with Gasteiger partial charge in [-0.15, -0.1) is 10.2 Å². The van der Waals surface area contributed by atoms with E-state index >= 15 is 0 Å². The summed E-state index contributed by atoms with van der Waals surface area (Å²) in [5.41, 5.74) is 0. The minimum Gasteiger partial charge on any atom is -0.392 e. The molecule has 1 aliphatic carbocycles. The van der Waals surface area contributed by atoms with Crippen LogP contribution in [0.3, 0.4) is 0 Å². The van der Waals surface area contributed by atoms with Crippen LogP contribution < -0.4 is 5.32 Å². The molecule has 2 fully saturated rings. The van der Waals surface area contributed by atoms with Crippen molar-refractivity contribution < 1.29 is 5.11 Å². The standard InChI is InChI=1S/C13H22N4O/c1-9-15-16-13(12-7-11(18)8-14-12)17(9)10-5-3-2-4-6-10/h10-12,14,18H,2-8H2,1H3. The van der Waals surface area contributed by atoms with E-state index < -0.39 is 0 Å². The van der Waals surface area contributed by atoms with Gasteiger partial charge in [-0.3, -0.25) is 0 Å². The largest absolute Gasteiger partial charge is 0.392 e. The van der Waals surface area contributed by atoms with Crippen LogP contribution in [0.2, 0.25) is 0 Å². The molecule has 1 aromatic heterocycles. The molecule has 100 valence electrons. The van der Waals surface area contributed by atoms with Crippen LogP contribution in [0, 0.1) is 6.92 Å². The second-order valence-corrected chi connectivity index (χ2v) is 5.62. The molecular weight excluding hydrogens is 228 g/mol. The van der Waals surface area contributed by atoms with Crippen molar-refractivity contribution in [1.82, 2.24) is 20.1 Å². The molecule has 2 unspecified atom stereocenters. The molecule has 5 heteroatoms. The fraction of sp³-hybridized carbons (Fsp3) is 0.846. The topological polar surface area (TPSA) is 63.0 Å². The van der Waals surface area contributed by atoms with Crippen molar-refractivity contribution in [1.29, 1.82) is 0 Å². The summed E-state index contributed by atoms with van der Waals surface area (Å²) in [6, 6.07) is 0.728. The van der Waals surface area contributed by atoms with Gasteiger partial charge in [0.15, 0.2) is 5.82 Å². The summed E-state index contributed by atoms with van der Waals surface area (Å²) in [6.45, 7) is 2.71. The van der Waals surface area contributed by atoms with Crippen molar-refractivity contribution in [3.05, 3.63) is 11.6 Å². The first-order chi connectivity index (χ1) is 8.75. The molecule has 1 saturated heterocycles. The van der Waals surface area contributed by atoms with Gasteiger partial charge in [0.1, 0.15) is 5.82 Å². The van der Waals surface area contributed by atoms with Gasteiger partial charge < -0.3 is 15.0 Å². The van der Waals surface area contributed by atoms with Crippen molar-refractivity contribution in [2.75, 3.05) is 6.54 Å². The second-order valence-electron chi connectivity index (χ2n) is 5.62. The Morgan fingerprint density at radius 1 is 1.22 bits per heavy atom. The monoisotopic (exact) mass is 250 g/mol. The van der Waals surface area contributed by atoms with Crippen LogP contribution >= 0.6 is 0 Å². The maximum Gasteiger partial charge on any atom is 0.150 e. The second kappa shape index (κ2) is 4.97. The normalized spacial score (nSPS) is 29.9. The summed E-state index contributed by atoms with van der Waals surface area (Å²) in [5.74, 6) is 2.04. The van der Waals surface area contributed by atoms with Crippen molar-refractivity contribution in [2.24, 2.45) is 0 Å². The van der Waals surface area contributed by atoms with Gasteiger partial charge in [-0.2, -0.15) is 0 Å². The molecule has 3 rings (SSSR count). The van der Waals surface area contributed by atoms with E-state index in [9.17, 15) is 5.11 Å². The Balaban J connectivity index is 1.86. The third-order valence-electron chi connectivity index (χ3n) is 4.25. The summed E-state index contributed by atoms with van der Waals surface area (Å²) in [7, 11) is 0. The molecule has 1 aromatic rings. The zero-order valence-electron chi connectivity index (χ0n) is 11.0. The molecule has 2 aliphatic rings. The molecule has 1 saturated carbocycles. The first-order valence-corrected chi connectivity index (χ1v) is 7.08. The van der Waals surface area contributed by atoms with Crippen LogP contribution in [-0.2, 0) is 0 Å². The van der Waals surface area contributed by atoms with Gasteiger partial charge in [0.2, 0.25) is 0 Å². The molecule has 0 radical (unpaired) electrons. The maximum absolute atomic E-state index is 9.65. The number of aryl methyl sites for hydroxylation is 1. The Kier molecular flexibility index (Phi) is 3.35. The van der Waals surface area contributed by atoms with Crippen LogP contribution in [0.15, 0.2) is 0 Å². The maximum atomic E-state index is 9.65. The lowest BCUT2D eigenvalue weighted by atomic mass is 9.95. The number of aliphatic hydroxyl groups excluding tert-OH is 1. The van der Waals surface area contributed by atoms with E-state index in [0.717, 1.165) is 18.1 Å². The highest BCUT2D eigenvalue weighted by molar-refractivity contribution is 5.06. The lowest BCUT2D eigenvalue weighted by Gasteiger charge is -2.26. The number of β-amino-alcohol motifs (C(OH)–C–C–N with tert-alkyl or cyclic N) is 1. The van der Waals surface area contributed by atoms with E-state index in [1.165, 1.54) is 32.1 Å². The van der Waals surface area contributed by atoms with E-state index in [1.54, 1.807) is 0 Å². The van der Waals surface area contributed by atoms with Crippen LogP contribution in [0.25, 0.3) is 0 Å². The molecule has 0 spiro atoms. The summed E-state index contributed by atoms with van der Waals surface area (Å²) in [5, 5.41) is 21.6. The lowest BCUT2D eigenvalue weighted by molar-refractivity contribution is 0.192. The number of aliphatic hydroxyl groups is 1. The van der Waals surface area contributed by atoms with Crippen molar-refractivity contribution in [3.8, 4) is 0 Å². The van der Waals surface area contributed by atoms with Gasteiger partial charge in [0, 0.05) is 12.6 Å². The van der Waals surface area contributed by atoms with Crippen molar-refractivity contribution >= 4 is 0 Å². The Morgan fingerprint density at radius 2 is 2.00 bits per heavy atom. The van der Waals surface area contributed by atoms with E-state index in [-0.39, 0.29) is 12.1 Å². The first-order valence-electron chi connectivity index (χ1n) is 7.08. The van der Waals surface area contributed by atoms with E-state index in [0.29, 0.717) is 12.6 Å². The zero-order chi connectivity index (χ0) is 12.5. The number of hydrogen-bond acceptors (Lipinski definition) is 4. The molecule has 0 bridgehead atoms. The van der Waals surface area contributed by atoms with Gasteiger partial charge >= 0.3 is 0 Å². The van der Waals surface area contributed by atoms with Crippen LogP contribution in [-0.4, -0.2) is 32.5 Å². The number of nitrogens with zero attached hydrogens (tertiary/aromatic N) is 3. The Labute approximate surface area is 108 Å². The van der Waals surface area contributed by atoms with Gasteiger partial charge in [-0.25, -0.2) is 0 Å². The van der Waals surface area contributed by atoms with Gasteiger partial charge in [-0.05, 0) is 26.2 Å². The molecule has 5 nitrogen and oxygen atoms in total. The lowest BCUT2D eigenvalue weighted by Crippen LogP contribution is -2.23. The third-order valence-corrected chi connectivity index (χ3v) is 4.25. The fourth-order valence-electron chi connectivity index (χ4n) is 3.33. The average Bonchev–Trinajstić information content (AvgIpc) is 2.96. The summed E-state index contributed by atoms with van der Waals surface area (Å²) in [4.78, 5) is 0. The fourth-order valence-corrected chi connectivity index (χ4v) is 3.33. The highest BCUT2D eigenvalue weighted by atomic mass is 16.3. The van der Waals surface area contributed by atoms with E-state index in [1.807, 2.05) is 6.92 Å². The first kappa shape index (κ1) is 12.1. The quantitative estimate of drug-likeness (QED) is 0.834. The summed E-state index contributed by atoms with van der Waals surface area (Å²) < 4.78 is 2.31. The molecule has 2 N–H and O–H groups in total. The SMILES string of the molecule is Cc1nnc(C2CC(O)CN2)n1C1CCCCC1. The van der Waals surface area contributed by atoms with Crippen LogP contribution in [0.4, 0.5) is 0 Å². The van der Waals surface area contributed by atoms with E-state index in [2.05, 4.69) is 20.1 Å². The van der Waals surface area contributed by atoms with Gasteiger partial charge in [0.05, 0.1) is 12.1 Å². The Morgan fingerprint density at radius 3 is 2.67 bits per heavy atom. The van der Waals surface area contributed by atoms with Gasteiger partial charge in [0.25, 0.3) is 0 Å². The molecule has 0 amide bonds. The Bertz CT molecular complexity index is 411. The highest BCUT2D eigenvalue weighted by Gasteiger charge is 2.30. The molecule has 0 aromatic carbocycles. The number of nitrogens with one attached hydrogen (secondary N) is 1. The highest BCUT2D eigenvalue weighted by Crippen LogP contribution is 2.32. The molecule has 1 aliphatic heterocycles. The predicted molar refractivity (Wildman–Crippen MR) is 68.2 cm³/mol. The average molecular weight is 250 g/mol. The number of aromatic nitrogens is 3. The predicted octanol–water partition coefficient (Wildman–Crippen LogP) is 1.49. The zero-order valence-corrected chi connectivity index (χ0v) is 11.0. The summed E-state index contributed by atoms with van der Waals surface area (Å²) in [6.07, 6.45) is 6.96. The number of hydrogen-bond donors (Lipinski definition) is 2. The van der Waals surface area contributed by atoms with E-state index in [4.69, 9.17) is 0 Å². The molecule has 2 atom stereocenters. The van der Waals surface area contributed by atoms with Crippen LogP contribution in [0.5, 0.6) is 0 Å². The Hall–Kier alpha value is -0.940. The van der Waals surface area contributed by atoms with Gasteiger partial charge in [-0.1, -0.05) is 19.3 Å². The molecule has 2 heterocycles. The van der Waals surface area contributed by atoms with Crippen molar-refractivity contribution in [2.45, 2.75) is 63.6 Å². The summed E-state index contributed by atoms with van der Waals surface area (Å²) >= 11 is 0. The molecule has 18 heavy (non-hydrogen) atoms. The minimum atomic E-state index is -0.244. The number of rotatable bonds is 2. The molecular formula is C13H22N4O. The minimum absolute atomic E-state index is 0.170. The van der Waals surface area contributed by atoms with Crippen molar-refractivity contribution in [3.63, 3.8) is 0 Å². The smallest absolute Gasteiger partial charge is 0.150 e. The van der Waals surface area contributed by atoms with Crippen LogP contribution in [0.1, 0.15) is 62.3 Å². The third kappa shape index (κ3) is 2.17.